The smallest absolute Gasteiger partial charge is 0.214 e. The van der Waals surface area contributed by atoms with Crippen LogP contribution < -0.4 is 10.5 Å². The first kappa shape index (κ1) is 14.5. The third-order valence-corrected chi connectivity index (χ3v) is 2.83. The number of ether oxygens (including phenoxy) is 1. The number of nitrogens with zero attached hydrogens (tertiary/aromatic N) is 1. The van der Waals surface area contributed by atoms with Crippen LogP contribution in [-0.4, -0.2) is 16.9 Å². The monoisotopic (exact) mass is 249 g/mol. The molecule has 18 heavy (non-hydrogen) atoms. The standard InChI is InChI=1S/C14H23N3O/c1-3-4-5-6-7-11(2)18-13-10-12(14(15)16)8-9-17-13/h8-11H,3-7H2,1-2H3,(H3,15,16). The van der Waals surface area contributed by atoms with Gasteiger partial charge in [-0.15, -0.1) is 0 Å². The third-order valence-electron chi connectivity index (χ3n) is 2.83. The van der Waals surface area contributed by atoms with E-state index < -0.39 is 0 Å². The molecule has 0 aliphatic carbocycles. The maximum Gasteiger partial charge on any atom is 0.214 e. The SMILES string of the molecule is CCCCCCC(C)Oc1cc(C(=N)N)ccn1. The van der Waals surface area contributed by atoms with Crippen molar-refractivity contribution in [3.05, 3.63) is 23.9 Å². The van der Waals surface area contributed by atoms with E-state index in [1.165, 1.54) is 25.7 Å². The van der Waals surface area contributed by atoms with Gasteiger partial charge in [-0.25, -0.2) is 4.98 Å². The number of amidine groups is 1. The molecule has 1 aromatic rings. The number of nitrogens with one attached hydrogen (secondary N) is 1. The van der Waals surface area contributed by atoms with Crippen LogP contribution in [-0.2, 0) is 0 Å². The highest BCUT2D eigenvalue weighted by Crippen LogP contribution is 2.14. The van der Waals surface area contributed by atoms with Crippen LogP contribution in [0.2, 0.25) is 0 Å². The van der Waals surface area contributed by atoms with E-state index in [-0.39, 0.29) is 11.9 Å². The normalized spacial score (nSPS) is 12.1. The van der Waals surface area contributed by atoms with Crippen LogP contribution in [0.25, 0.3) is 0 Å². The number of hydrogen-bond acceptors (Lipinski definition) is 3. The predicted octanol–water partition coefficient (Wildman–Crippen LogP) is 3.10. The second-order valence-corrected chi connectivity index (χ2v) is 4.57. The van der Waals surface area contributed by atoms with Crippen molar-refractivity contribution in [3.8, 4) is 5.88 Å². The summed E-state index contributed by atoms with van der Waals surface area (Å²) in [5.74, 6) is 0.587. The van der Waals surface area contributed by atoms with E-state index in [9.17, 15) is 0 Å². The molecule has 4 heteroatoms. The zero-order valence-electron chi connectivity index (χ0n) is 11.3. The number of aromatic nitrogens is 1. The highest BCUT2D eigenvalue weighted by Gasteiger charge is 2.06. The molecule has 0 saturated carbocycles. The molecule has 4 nitrogen and oxygen atoms in total. The molecule has 100 valence electrons. The van der Waals surface area contributed by atoms with Crippen molar-refractivity contribution in [1.82, 2.24) is 4.98 Å². The Balaban J connectivity index is 2.41. The van der Waals surface area contributed by atoms with Gasteiger partial charge in [0.25, 0.3) is 0 Å². The van der Waals surface area contributed by atoms with Crippen LogP contribution in [0.4, 0.5) is 0 Å². The van der Waals surface area contributed by atoms with Gasteiger partial charge >= 0.3 is 0 Å². The van der Waals surface area contributed by atoms with Crippen LogP contribution >= 0.6 is 0 Å². The van der Waals surface area contributed by atoms with E-state index in [0.717, 1.165) is 6.42 Å². The van der Waals surface area contributed by atoms with Crippen molar-refractivity contribution in [3.63, 3.8) is 0 Å². The highest BCUT2D eigenvalue weighted by molar-refractivity contribution is 5.95. The largest absolute Gasteiger partial charge is 0.475 e. The minimum atomic E-state index is 0.0397. The molecule has 1 heterocycles. The molecule has 1 unspecified atom stereocenters. The molecule has 0 amide bonds. The molecular formula is C14H23N3O. The second kappa shape index (κ2) is 7.69. The zero-order chi connectivity index (χ0) is 13.4. The van der Waals surface area contributed by atoms with Crippen molar-refractivity contribution in [2.45, 2.75) is 52.1 Å². The van der Waals surface area contributed by atoms with Gasteiger partial charge in [0.05, 0.1) is 6.10 Å². The summed E-state index contributed by atoms with van der Waals surface area (Å²) in [6.07, 6.45) is 7.77. The fraction of sp³-hybridized carbons (Fsp3) is 0.571. The summed E-state index contributed by atoms with van der Waals surface area (Å²) in [5, 5.41) is 7.37. The topological polar surface area (TPSA) is 72.0 Å². The second-order valence-electron chi connectivity index (χ2n) is 4.57. The summed E-state index contributed by atoms with van der Waals surface area (Å²) in [6.45, 7) is 4.26. The van der Waals surface area contributed by atoms with Gasteiger partial charge in [-0.05, 0) is 25.8 Å². The maximum absolute atomic E-state index is 7.37. The molecule has 3 N–H and O–H groups in total. The summed E-state index contributed by atoms with van der Waals surface area (Å²) in [5.41, 5.74) is 6.08. The summed E-state index contributed by atoms with van der Waals surface area (Å²) < 4.78 is 5.72. The summed E-state index contributed by atoms with van der Waals surface area (Å²) >= 11 is 0. The van der Waals surface area contributed by atoms with Crippen LogP contribution in [0.1, 0.15) is 51.5 Å². The lowest BCUT2D eigenvalue weighted by molar-refractivity contribution is 0.198. The van der Waals surface area contributed by atoms with Gasteiger partial charge in [0.2, 0.25) is 5.88 Å². The van der Waals surface area contributed by atoms with Crippen molar-refractivity contribution >= 4 is 5.84 Å². The predicted molar refractivity (Wildman–Crippen MR) is 74.1 cm³/mol. The lowest BCUT2D eigenvalue weighted by Gasteiger charge is -2.14. The Labute approximate surface area is 109 Å². The van der Waals surface area contributed by atoms with Gasteiger partial charge in [0.1, 0.15) is 5.84 Å². The summed E-state index contributed by atoms with van der Waals surface area (Å²) in [6, 6.07) is 3.42. The Morgan fingerprint density at radius 3 is 2.89 bits per heavy atom. The van der Waals surface area contributed by atoms with E-state index in [0.29, 0.717) is 11.4 Å². The van der Waals surface area contributed by atoms with E-state index in [2.05, 4.69) is 11.9 Å². The first-order valence-corrected chi connectivity index (χ1v) is 6.60. The van der Waals surface area contributed by atoms with Crippen molar-refractivity contribution in [2.24, 2.45) is 5.73 Å². The van der Waals surface area contributed by atoms with E-state index in [1.807, 2.05) is 6.92 Å². The molecule has 0 fully saturated rings. The van der Waals surface area contributed by atoms with E-state index >= 15 is 0 Å². The number of nitrogen functional groups attached to an aromatic ring is 1. The van der Waals surface area contributed by atoms with Crippen molar-refractivity contribution < 1.29 is 4.74 Å². The molecule has 1 aromatic heterocycles. The minimum absolute atomic E-state index is 0.0397. The number of nitrogens with two attached hydrogens (primary N) is 1. The van der Waals surface area contributed by atoms with Crippen LogP contribution in [0.3, 0.4) is 0 Å². The first-order valence-electron chi connectivity index (χ1n) is 6.60. The average Bonchev–Trinajstić information content (AvgIpc) is 2.35. The molecule has 0 radical (unpaired) electrons. The molecule has 0 aliphatic rings. The first-order chi connectivity index (χ1) is 8.63. The number of rotatable bonds is 8. The minimum Gasteiger partial charge on any atom is -0.475 e. The van der Waals surface area contributed by atoms with Crippen LogP contribution in [0.5, 0.6) is 5.88 Å². The third kappa shape index (κ3) is 5.17. The van der Waals surface area contributed by atoms with Gasteiger partial charge in [-0.2, -0.15) is 0 Å². The summed E-state index contributed by atoms with van der Waals surface area (Å²) in [4.78, 5) is 4.13. The Morgan fingerprint density at radius 2 is 2.22 bits per heavy atom. The van der Waals surface area contributed by atoms with Gasteiger partial charge in [0, 0.05) is 17.8 Å². The van der Waals surface area contributed by atoms with Crippen LogP contribution in [0.15, 0.2) is 18.3 Å². The molecule has 0 bridgehead atoms. The number of pyridine rings is 1. The van der Waals surface area contributed by atoms with E-state index in [4.69, 9.17) is 15.9 Å². The molecule has 1 rings (SSSR count). The van der Waals surface area contributed by atoms with Gasteiger partial charge in [-0.3, -0.25) is 5.41 Å². The fourth-order valence-corrected chi connectivity index (χ4v) is 1.77. The molecule has 0 aliphatic heterocycles. The summed E-state index contributed by atoms with van der Waals surface area (Å²) in [7, 11) is 0. The highest BCUT2D eigenvalue weighted by atomic mass is 16.5. The zero-order valence-corrected chi connectivity index (χ0v) is 11.3. The van der Waals surface area contributed by atoms with E-state index in [1.54, 1.807) is 18.3 Å². The molecule has 1 atom stereocenters. The quantitative estimate of drug-likeness (QED) is 0.422. The van der Waals surface area contributed by atoms with Gasteiger partial charge in [-0.1, -0.05) is 26.2 Å². The average molecular weight is 249 g/mol. The molecule has 0 saturated heterocycles. The number of unbranched alkanes of at least 4 members (excludes halogenated alkanes) is 3. The Morgan fingerprint density at radius 1 is 1.44 bits per heavy atom. The molecule has 0 aromatic carbocycles. The molecule has 0 spiro atoms. The fourth-order valence-electron chi connectivity index (χ4n) is 1.77. The van der Waals surface area contributed by atoms with Crippen molar-refractivity contribution in [2.75, 3.05) is 0 Å². The van der Waals surface area contributed by atoms with Crippen molar-refractivity contribution in [1.29, 1.82) is 5.41 Å². The van der Waals surface area contributed by atoms with Crippen LogP contribution in [0, 0.1) is 5.41 Å². The Kier molecular flexibility index (Phi) is 6.19. The maximum atomic E-state index is 7.37. The molecular weight excluding hydrogens is 226 g/mol. The Hall–Kier alpha value is -1.58. The lowest BCUT2D eigenvalue weighted by Crippen LogP contribution is -2.14. The Bertz CT molecular complexity index is 379. The number of hydrogen-bond donors (Lipinski definition) is 2. The van der Waals surface area contributed by atoms with Gasteiger partial charge in [0.15, 0.2) is 0 Å². The lowest BCUT2D eigenvalue weighted by atomic mass is 10.1. The van der Waals surface area contributed by atoms with Gasteiger partial charge < -0.3 is 10.5 Å².